The van der Waals surface area contributed by atoms with E-state index < -0.39 is 6.10 Å². The van der Waals surface area contributed by atoms with Gasteiger partial charge >= 0.3 is 0 Å². The van der Waals surface area contributed by atoms with E-state index in [2.05, 4.69) is 4.98 Å². The molecule has 0 saturated heterocycles. The average molecular weight is 214 g/mol. The van der Waals surface area contributed by atoms with Crippen LogP contribution in [0.4, 0.5) is 0 Å². The third kappa shape index (κ3) is 1.68. The van der Waals surface area contributed by atoms with Gasteiger partial charge in [0.15, 0.2) is 0 Å². The Morgan fingerprint density at radius 1 is 1.54 bits per heavy atom. The summed E-state index contributed by atoms with van der Waals surface area (Å²) < 4.78 is 1.06. The van der Waals surface area contributed by atoms with Gasteiger partial charge in [-0.05, 0) is 25.1 Å². The van der Waals surface area contributed by atoms with E-state index in [4.69, 9.17) is 11.6 Å². The summed E-state index contributed by atoms with van der Waals surface area (Å²) in [4.78, 5) is 4.26. The standard InChI is InChI=1S/C9H8ClNOS/c1-5(12)9-11-7-4-6(10)2-3-8(7)13-9/h2-5,12H,1H3. The van der Waals surface area contributed by atoms with E-state index in [1.165, 1.54) is 11.3 Å². The van der Waals surface area contributed by atoms with Crippen LogP contribution in [0.25, 0.3) is 10.2 Å². The second-order valence-electron chi connectivity index (χ2n) is 2.84. The molecule has 0 amide bonds. The van der Waals surface area contributed by atoms with Crippen molar-refractivity contribution < 1.29 is 5.11 Å². The summed E-state index contributed by atoms with van der Waals surface area (Å²) >= 11 is 7.30. The van der Waals surface area contributed by atoms with Crippen molar-refractivity contribution in [2.45, 2.75) is 13.0 Å². The quantitative estimate of drug-likeness (QED) is 0.790. The van der Waals surface area contributed by atoms with Crippen molar-refractivity contribution in [3.63, 3.8) is 0 Å². The lowest BCUT2D eigenvalue weighted by molar-refractivity contribution is 0.199. The number of aliphatic hydroxyl groups excluding tert-OH is 1. The van der Waals surface area contributed by atoms with E-state index in [1.807, 2.05) is 12.1 Å². The second-order valence-corrected chi connectivity index (χ2v) is 4.34. The third-order valence-corrected chi connectivity index (χ3v) is 3.17. The van der Waals surface area contributed by atoms with Crippen molar-refractivity contribution in [2.75, 3.05) is 0 Å². The SMILES string of the molecule is CC(O)c1nc2cc(Cl)ccc2s1. The maximum absolute atomic E-state index is 9.31. The smallest absolute Gasteiger partial charge is 0.122 e. The van der Waals surface area contributed by atoms with Gasteiger partial charge in [-0.25, -0.2) is 4.98 Å². The molecule has 2 nitrogen and oxygen atoms in total. The largest absolute Gasteiger partial charge is 0.386 e. The predicted molar refractivity (Wildman–Crippen MR) is 55.3 cm³/mol. The highest BCUT2D eigenvalue weighted by Crippen LogP contribution is 2.27. The lowest BCUT2D eigenvalue weighted by atomic mass is 10.3. The maximum Gasteiger partial charge on any atom is 0.122 e. The summed E-state index contributed by atoms with van der Waals surface area (Å²) in [6.45, 7) is 1.71. The van der Waals surface area contributed by atoms with Crippen molar-refractivity contribution in [1.29, 1.82) is 0 Å². The molecule has 0 fully saturated rings. The van der Waals surface area contributed by atoms with Crippen LogP contribution in [0.3, 0.4) is 0 Å². The Labute approximate surface area is 84.8 Å². The van der Waals surface area contributed by atoms with Crippen LogP contribution in [-0.4, -0.2) is 10.1 Å². The zero-order valence-corrected chi connectivity index (χ0v) is 8.56. The van der Waals surface area contributed by atoms with E-state index in [-0.39, 0.29) is 0 Å². The molecule has 2 rings (SSSR count). The monoisotopic (exact) mass is 213 g/mol. The molecule has 0 aliphatic carbocycles. The molecular weight excluding hydrogens is 206 g/mol. The van der Waals surface area contributed by atoms with Crippen LogP contribution in [0.5, 0.6) is 0 Å². The Kier molecular flexibility index (Phi) is 2.24. The zero-order chi connectivity index (χ0) is 9.42. The molecule has 0 aliphatic heterocycles. The molecule has 0 radical (unpaired) electrons. The molecular formula is C9H8ClNOS. The Bertz CT molecular complexity index is 438. The minimum absolute atomic E-state index is 0.504. The van der Waals surface area contributed by atoms with Gasteiger partial charge in [-0.1, -0.05) is 11.6 Å². The van der Waals surface area contributed by atoms with Gasteiger partial charge in [-0.15, -0.1) is 11.3 Å². The minimum Gasteiger partial charge on any atom is -0.386 e. The summed E-state index contributed by atoms with van der Waals surface area (Å²) in [7, 11) is 0. The maximum atomic E-state index is 9.31. The molecule has 4 heteroatoms. The van der Waals surface area contributed by atoms with Crippen LogP contribution >= 0.6 is 22.9 Å². The van der Waals surface area contributed by atoms with Gasteiger partial charge in [-0.2, -0.15) is 0 Å². The topological polar surface area (TPSA) is 33.1 Å². The molecule has 1 aromatic heterocycles. The molecule has 1 N–H and O–H groups in total. The summed E-state index contributed by atoms with van der Waals surface area (Å²) in [5.74, 6) is 0. The highest BCUT2D eigenvalue weighted by molar-refractivity contribution is 7.18. The number of halogens is 1. The van der Waals surface area contributed by atoms with Gasteiger partial charge in [0.1, 0.15) is 11.1 Å². The van der Waals surface area contributed by atoms with Crippen molar-refractivity contribution in [2.24, 2.45) is 0 Å². The number of aromatic nitrogens is 1. The van der Waals surface area contributed by atoms with Crippen LogP contribution in [0.2, 0.25) is 5.02 Å². The number of rotatable bonds is 1. The van der Waals surface area contributed by atoms with E-state index in [0.29, 0.717) is 5.02 Å². The van der Waals surface area contributed by atoms with E-state index in [9.17, 15) is 5.11 Å². The van der Waals surface area contributed by atoms with Crippen LogP contribution in [0.1, 0.15) is 18.0 Å². The molecule has 2 aromatic rings. The van der Waals surface area contributed by atoms with Gasteiger partial charge in [0.25, 0.3) is 0 Å². The van der Waals surface area contributed by atoms with Gasteiger partial charge < -0.3 is 5.11 Å². The number of nitrogens with zero attached hydrogens (tertiary/aromatic N) is 1. The first-order valence-electron chi connectivity index (χ1n) is 3.91. The van der Waals surface area contributed by atoms with Gasteiger partial charge in [0, 0.05) is 5.02 Å². The molecule has 0 aliphatic rings. The first-order chi connectivity index (χ1) is 6.16. The highest BCUT2D eigenvalue weighted by Gasteiger charge is 2.08. The normalized spacial score (nSPS) is 13.5. The first-order valence-corrected chi connectivity index (χ1v) is 5.10. The third-order valence-electron chi connectivity index (χ3n) is 1.72. The molecule has 1 unspecified atom stereocenters. The minimum atomic E-state index is -0.504. The number of benzene rings is 1. The lowest BCUT2D eigenvalue weighted by Crippen LogP contribution is -1.87. The summed E-state index contributed by atoms with van der Waals surface area (Å²) in [5.41, 5.74) is 0.855. The number of hydrogen-bond acceptors (Lipinski definition) is 3. The van der Waals surface area contributed by atoms with E-state index in [0.717, 1.165) is 15.2 Å². The summed E-state index contributed by atoms with van der Waals surface area (Å²) in [6, 6.07) is 5.55. The van der Waals surface area contributed by atoms with E-state index in [1.54, 1.807) is 13.0 Å². The zero-order valence-electron chi connectivity index (χ0n) is 6.99. The van der Waals surface area contributed by atoms with Gasteiger partial charge in [0.2, 0.25) is 0 Å². The fraction of sp³-hybridized carbons (Fsp3) is 0.222. The highest BCUT2D eigenvalue weighted by atomic mass is 35.5. The van der Waals surface area contributed by atoms with Crippen LogP contribution in [0.15, 0.2) is 18.2 Å². The number of thiazole rings is 1. The summed E-state index contributed by atoms with van der Waals surface area (Å²) in [5, 5.41) is 10.7. The summed E-state index contributed by atoms with van der Waals surface area (Å²) in [6.07, 6.45) is -0.504. The van der Waals surface area contributed by atoms with Crippen molar-refractivity contribution in [1.82, 2.24) is 4.98 Å². The number of hydrogen-bond donors (Lipinski definition) is 1. The molecule has 1 heterocycles. The molecule has 0 bridgehead atoms. The molecule has 0 saturated carbocycles. The number of aliphatic hydroxyl groups is 1. The molecule has 1 atom stereocenters. The van der Waals surface area contributed by atoms with Gasteiger partial charge in [-0.3, -0.25) is 0 Å². The van der Waals surface area contributed by atoms with Crippen LogP contribution in [0, 0.1) is 0 Å². The van der Waals surface area contributed by atoms with E-state index >= 15 is 0 Å². The Morgan fingerprint density at radius 3 is 3.00 bits per heavy atom. The van der Waals surface area contributed by atoms with Crippen LogP contribution < -0.4 is 0 Å². The Balaban J connectivity index is 2.62. The van der Waals surface area contributed by atoms with Crippen LogP contribution in [-0.2, 0) is 0 Å². The Hall–Kier alpha value is -0.640. The molecule has 1 aromatic carbocycles. The predicted octanol–water partition coefficient (Wildman–Crippen LogP) is 3.00. The van der Waals surface area contributed by atoms with Crippen molar-refractivity contribution in [3.8, 4) is 0 Å². The molecule has 13 heavy (non-hydrogen) atoms. The Morgan fingerprint density at radius 2 is 2.31 bits per heavy atom. The molecule has 68 valence electrons. The first kappa shape index (κ1) is 8.94. The average Bonchev–Trinajstić information content (AvgIpc) is 2.46. The fourth-order valence-electron chi connectivity index (χ4n) is 1.10. The second kappa shape index (κ2) is 3.25. The molecule has 0 spiro atoms. The fourth-order valence-corrected chi connectivity index (χ4v) is 2.15. The van der Waals surface area contributed by atoms with Crippen molar-refractivity contribution in [3.05, 3.63) is 28.2 Å². The van der Waals surface area contributed by atoms with Crippen molar-refractivity contribution >= 4 is 33.2 Å². The van der Waals surface area contributed by atoms with Gasteiger partial charge in [0.05, 0.1) is 10.2 Å². The lowest BCUT2D eigenvalue weighted by Gasteiger charge is -1.93. The number of fused-ring (bicyclic) bond motifs is 1.